The molecule has 19 heavy (non-hydrogen) atoms. The van der Waals surface area contributed by atoms with E-state index in [2.05, 4.69) is 15.9 Å². The van der Waals surface area contributed by atoms with E-state index in [1.165, 1.54) is 0 Å². The van der Waals surface area contributed by atoms with Crippen LogP contribution in [0.4, 0.5) is 0 Å². The minimum Gasteiger partial charge on any atom is -0.481 e. The average Bonchev–Trinajstić information content (AvgIpc) is 2.35. The number of aromatic nitrogens is 1. The Kier molecular flexibility index (Phi) is 3.75. The van der Waals surface area contributed by atoms with Crippen LogP contribution in [0.25, 0.3) is 10.9 Å². The van der Waals surface area contributed by atoms with Gasteiger partial charge in [0.2, 0.25) is 0 Å². The van der Waals surface area contributed by atoms with Gasteiger partial charge in [-0.1, -0.05) is 12.1 Å². The molecule has 0 spiro atoms. The van der Waals surface area contributed by atoms with Crippen LogP contribution in [-0.4, -0.2) is 15.6 Å². The number of halogens is 1. The number of pyridine rings is 1. The lowest BCUT2D eigenvalue weighted by Crippen LogP contribution is -2.24. The number of hydrogen-bond acceptors (Lipinski definition) is 2. The fourth-order valence-corrected chi connectivity index (χ4v) is 2.94. The number of carboxylic acids is 1. The van der Waals surface area contributed by atoms with Gasteiger partial charge in [-0.25, -0.2) is 0 Å². The van der Waals surface area contributed by atoms with Crippen molar-refractivity contribution in [2.24, 2.45) is 7.05 Å². The van der Waals surface area contributed by atoms with Crippen LogP contribution >= 0.6 is 15.9 Å². The van der Waals surface area contributed by atoms with Crippen LogP contribution in [0.3, 0.4) is 0 Å². The summed E-state index contributed by atoms with van der Waals surface area (Å²) in [5.41, 5.74) is 2.15. The molecule has 1 heterocycles. The second-order valence-corrected chi connectivity index (χ2v) is 5.35. The minimum atomic E-state index is -0.893. The maximum atomic E-state index is 12.3. The Hall–Kier alpha value is -1.62. The fourth-order valence-electron chi connectivity index (χ4n) is 2.31. The molecule has 0 aliphatic carbocycles. The Morgan fingerprint density at radius 1 is 1.42 bits per heavy atom. The Labute approximate surface area is 118 Å². The number of rotatable bonds is 3. The number of hydrogen-bond donors (Lipinski definition) is 1. The van der Waals surface area contributed by atoms with Gasteiger partial charge in [-0.05, 0) is 40.9 Å². The second-order valence-electron chi connectivity index (χ2n) is 4.50. The van der Waals surface area contributed by atoms with E-state index >= 15 is 0 Å². The van der Waals surface area contributed by atoms with Gasteiger partial charge in [-0.3, -0.25) is 9.59 Å². The zero-order valence-electron chi connectivity index (χ0n) is 10.7. The molecule has 2 aromatic rings. The van der Waals surface area contributed by atoms with Crippen molar-refractivity contribution in [3.8, 4) is 0 Å². The monoisotopic (exact) mass is 323 g/mol. The maximum Gasteiger partial charge on any atom is 0.303 e. The lowest BCUT2D eigenvalue weighted by Gasteiger charge is -2.13. The third-order valence-electron chi connectivity index (χ3n) is 3.33. The van der Waals surface area contributed by atoms with Crippen LogP contribution in [0.5, 0.6) is 0 Å². The van der Waals surface area contributed by atoms with Gasteiger partial charge >= 0.3 is 5.97 Å². The van der Waals surface area contributed by atoms with Crippen LogP contribution in [0, 0.1) is 6.92 Å². The fraction of sp³-hybridized carbons (Fsp3) is 0.286. The second kappa shape index (κ2) is 5.17. The topological polar surface area (TPSA) is 59.3 Å². The van der Waals surface area contributed by atoms with Crippen molar-refractivity contribution >= 4 is 32.8 Å². The summed E-state index contributed by atoms with van der Waals surface area (Å²) in [5.74, 6) is -0.893. The van der Waals surface area contributed by atoms with Crippen LogP contribution in [0.15, 0.2) is 27.5 Å². The number of aliphatic carboxylic acids is 1. The van der Waals surface area contributed by atoms with Crippen molar-refractivity contribution in [3.05, 3.63) is 44.2 Å². The molecule has 0 bridgehead atoms. The molecule has 0 radical (unpaired) electrons. The molecule has 0 saturated heterocycles. The predicted octanol–water partition coefficient (Wildman–Crippen LogP) is 2.63. The highest BCUT2D eigenvalue weighted by Gasteiger charge is 2.14. The largest absolute Gasteiger partial charge is 0.481 e. The Balaban J connectivity index is 2.74. The van der Waals surface area contributed by atoms with Crippen molar-refractivity contribution in [2.45, 2.75) is 19.8 Å². The molecule has 0 unspecified atom stereocenters. The van der Waals surface area contributed by atoms with E-state index in [-0.39, 0.29) is 18.4 Å². The summed E-state index contributed by atoms with van der Waals surface area (Å²) in [5, 5.41) is 9.74. The molecule has 100 valence electrons. The molecule has 0 atom stereocenters. The molecule has 4 nitrogen and oxygen atoms in total. The first-order valence-electron chi connectivity index (χ1n) is 5.92. The van der Waals surface area contributed by atoms with E-state index in [0.29, 0.717) is 5.56 Å². The van der Waals surface area contributed by atoms with Crippen LogP contribution in [0.1, 0.15) is 17.5 Å². The van der Waals surface area contributed by atoms with Gasteiger partial charge in [0.15, 0.2) is 0 Å². The Bertz CT molecular complexity index is 719. The molecule has 0 saturated carbocycles. The molecule has 0 fully saturated rings. The molecular weight excluding hydrogens is 310 g/mol. The minimum absolute atomic E-state index is 0.0322. The zero-order valence-corrected chi connectivity index (χ0v) is 12.3. The van der Waals surface area contributed by atoms with E-state index in [4.69, 9.17) is 5.11 Å². The smallest absolute Gasteiger partial charge is 0.303 e. The van der Waals surface area contributed by atoms with Crippen LogP contribution in [-0.2, 0) is 18.3 Å². The van der Waals surface area contributed by atoms with Crippen molar-refractivity contribution in [1.29, 1.82) is 0 Å². The van der Waals surface area contributed by atoms with E-state index < -0.39 is 5.97 Å². The van der Waals surface area contributed by atoms with Gasteiger partial charge in [0.05, 0.1) is 5.52 Å². The first kappa shape index (κ1) is 13.8. The molecule has 1 N–H and O–H groups in total. The van der Waals surface area contributed by atoms with Crippen molar-refractivity contribution in [2.75, 3.05) is 0 Å². The molecule has 2 rings (SSSR count). The summed E-state index contributed by atoms with van der Waals surface area (Å²) in [6.45, 7) is 1.87. The molecule has 5 heteroatoms. The third-order valence-corrected chi connectivity index (χ3v) is 3.97. The number of para-hydroxylation sites is 1. The van der Waals surface area contributed by atoms with Gasteiger partial charge in [-0.2, -0.15) is 0 Å². The predicted molar refractivity (Wildman–Crippen MR) is 77.6 cm³/mol. The van der Waals surface area contributed by atoms with Gasteiger partial charge in [-0.15, -0.1) is 0 Å². The molecule has 1 aromatic carbocycles. The third kappa shape index (κ3) is 2.42. The average molecular weight is 324 g/mol. The summed E-state index contributed by atoms with van der Waals surface area (Å²) in [6.07, 6.45) is 0.228. The molecule has 1 aromatic heterocycles. The van der Waals surface area contributed by atoms with Gasteiger partial charge in [0, 0.05) is 28.9 Å². The van der Waals surface area contributed by atoms with Gasteiger partial charge in [0.1, 0.15) is 0 Å². The number of benzene rings is 1. The van der Waals surface area contributed by atoms with Gasteiger partial charge in [0.25, 0.3) is 5.56 Å². The number of aryl methyl sites for hydroxylation is 2. The number of nitrogens with zero attached hydrogens (tertiary/aromatic N) is 1. The van der Waals surface area contributed by atoms with E-state index in [1.54, 1.807) is 11.6 Å². The summed E-state index contributed by atoms with van der Waals surface area (Å²) >= 11 is 3.45. The SMILES string of the molecule is Cc1c(CCC(=O)O)c(=O)n(C)c2c(Br)cccc12. The standard InChI is InChI=1S/C14H14BrNO3/c1-8-9-4-3-5-11(15)13(9)16(2)14(19)10(8)6-7-12(17)18/h3-5H,6-7H2,1-2H3,(H,17,18). The molecule has 0 aliphatic rings. The summed E-state index contributed by atoms with van der Waals surface area (Å²) in [6, 6.07) is 5.74. The highest BCUT2D eigenvalue weighted by molar-refractivity contribution is 9.10. The quantitative estimate of drug-likeness (QED) is 0.944. The highest BCUT2D eigenvalue weighted by atomic mass is 79.9. The zero-order chi connectivity index (χ0) is 14.2. The van der Waals surface area contributed by atoms with Crippen LogP contribution in [0.2, 0.25) is 0 Å². The normalized spacial score (nSPS) is 10.9. The van der Waals surface area contributed by atoms with E-state index in [9.17, 15) is 9.59 Å². The van der Waals surface area contributed by atoms with Gasteiger partial charge < -0.3 is 9.67 Å². The summed E-state index contributed by atoms with van der Waals surface area (Å²) < 4.78 is 2.43. The number of carbonyl (C=O) groups is 1. The Morgan fingerprint density at radius 2 is 2.11 bits per heavy atom. The maximum absolute atomic E-state index is 12.3. The molecule has 0 aliphatic heterocycles. The van der Waals surface area contributed by atoms with E-state index in [0.717, 1.165) is 20.9 Å². The van der Waals surface area contributed by atoms with Crippen LogP contribution < -0.4 is 5.56 Å². The first-order chi connectivity index (χ1) is 8.93. The lowest BCUT2D eigenvalue weighted by atomic mass is 10.0. The summed E-state index contributed by atoms with van der Waals surface area (Å²) in [7, 11) is 1.71. The lowest BCUT2D eigenvalue weighted by molar-refractivity contribution is -0.136. The molecular formula is C14H14BrNO3. The van der Waals surface area contributed by atoms with Crippen molar-refractivity contribution < 1.29 is 9.90 Å². The first-order valence-corrected chi connectivity index (χ1v) is 6.71. The van der Waals surface area contributed by atoms with E-state index in [1.807, 2.05) is 25.1 Å². The Morgan fingerprint density at radius 3 is 2.74 bits per heavy atom. The summed E-state index contributed by atoms with van der Waals surface area (Å²) in [4.78, 5) is 23.0. The van der Waals surface area contributed by atoms with Crippen molar-refractivity contribution in [3.63, 3.8) is 0 Å². The molecule has 0 amide bonds. The van der Waals surface area contributed by atoms with Crippen molar-refractivity contribution in [1.82, 2.24) is 4.57 Å². The number of fused-ring (bicyclic) bond motifs is 1. The number of carboxylic acid groups (broad SMARTS) is 1. The highest BCUT2D eigenvalue weighted by Crippen LogP contribution is 2.26.